The quantitative estimate of drug-likeness (QED) is 0.798. The lowest BCUT2D eigenvalue weighted by atomic mass is 9.48. The first kappa shape index (κ1) is 14.3. The summed E-state index contributed by atoms with van der Waals surface area (Å²) in [5.74, 6) is 0.579. The largest absolute Gasteiger partial charge is 0.381 e. The zero-order valence-electron chi connectivity index (χ0n) is 12.5. The Balaban J connectivity index is 1.61. The average Bonchev–Trinajstić information content (AvgIpc) is 2.93. The molecule has 1 amide bonds. The Labute approximate surface area is 120 Å². The number of hydrogen-bond donors (Lipinski definition) is 2. The number of fused-ring (bicyclic) bond motifs is 1. The first-order chi connectivity index (χ1) is 9.48. The summed E-state index contributed by atoms with van der Waals surface area (Å²) in [5, 5.41) is 3.06. The number of nitrogens with one attached hydrogen (secondary N) is 1. The number of nitrogens with two attached hydrogens (primary N) is 1. The Morgan fingerprint density at radius 3 is 2.85 bits per heavy atom. The predicted molar refractivity (Wildman–Crippen MR) is 75.1 cm³/mol. The summed E-state index contributed by atoms with van der Waals surface area (Å²) in [5.41, 5.74) is 5.42. The zero-order valence-corrected chi connectivity index (χ0v) is 12.5. The van der Waals surface area contributed by atoms with Crippen molar-refractivity contribution in [3.63, 3.8) is 0 Å². The summed E-state index contributed by atoms with van der Waals surface area (Å²) in [6.07, 6.45) is 3.23. The van der Waals surface area contributed by atoms with Gasteiger partial charge in [0.15, 0.2) is 0 Å². The molecule has 2 aliphatic heterocycles. The zero-order chi connectivity index (χ0) is 14.4. The molecule has 114 valence electrons. The Hall–Kier alpha value is -0.650. The van der Waals surface area contributed by atoms with Gasteiger partial charge in [-0.05, 0) is 25.2 Å². The molecule has 5 heteroatoms. The van der Waals surface area contributed by atoms with Crippen molar-refractivity contribution in [1.29, 1.82) is 0 Å². The van der Waals surface area contributed by atoms with E-state index in [0.717, 1.165) is 39.1 Å². The van der Waals surface area contributed by atoms with Crippen molar-refractivity contribution in [3.8, 4) is 0 Å². The molecule has 3 fully saturated rings. The van der Waals surface area contributed by atoms with E-state index in [-0.39, 0.29) is 23.3 Å². The lowest BCUT2D eigenvalue weighted by Crippen LogP contribution is -2.80. The standard InChI is InChI=1S/C15H26N2O3/c1-14(2)12-11(5-7-20-12)15(14,16)13(18)17-8-10-4-3-6-19-9-10/h10-12H,3-9,16H2,1-2H3,(H,17,18). The van der Waals surface area contributed by atoms with E-state index in [0.29, 0.717) is 12.5 Å². The number of ether oxygens (including phenoxy) is 2. The fraction of sp³-hybridized carbons (Fsp3) is 0.933. The van der Waals surface area contributed by atoms with Crippen LogP contribution in [0.5, 0.6) is 0 Å². The highest BCUT2D eigenvalue weighted by molar-refractivity contribution is 5.89. The van der Waals surface area contributed by atoms with Crippen LogP contribution in [0.25, 0.3) is 0 Å². The van der Waals surface area contributed by atoms with Gasteiger partial charge in [-0.2, -0.15) is 0 Å². The molecule has 4 atom stereocenters. The van der Waals surface area contributed by atoms with Gasteiger partial charge in [-0.15, -0.1) is 0 Å². The Morgan fingerprint density at radius 2 is 2.15 bits per heavy atom. The van der Waals surface area contributed by atoms with E-state index in [4.69, 9.17) is 15.2 Å². The highest BCUT2D eigenvalue weighted by Gasteiger charge is 2.71. The second-order valence-corrected chi connectivity index (χ2v) is 7.07. The fourth-order valence-corrected chi connectivity index (χ4v) is 4.20. The smallest absolute Gasteiger partial charge is 0.241 e. The number of amides is 1. The second kappa shape index (κ2) is 4.97. The maximum Gasteiger partial charge on any atom is 0.241 e. The van der Waals surface area contributed by atoms with Crippen molar-refractivity contribution in [2.24, 2.45) is 23.0 Å². The first-order valence-corrected chi connectivity index (χ1v) is 7.74. The maximum absolute atomic E-state index is 12.6. The van der Waals surface area contributed by atoms with Crippen LogP contribution < -0.4 is 11.1 Å². The molecule has 0 spiro atoms. The third-order valence-electron chi connectivity index (χ3n) is 5.64. The van der Waals surface area contributed by atoms with Gasteiger partial charge < -0.3 is 20.5 Å². The van der Waals surface area contributed by atoms with Gasteiger partial charge in [0.1, 0.15) is 5.54 Å². The van der Waals surface area contributed by atoms with Gasteiger partial charge in [0, 0.05) is 31.1 Å². The third kappa shape index (κ3) is 1.90. The molecule has 1 saturated carbocycles. The van der Waals surface area contributed by atoms with Crippen molar-refractivity contribution < 1.29 is 14.3 Å². The molecular weight excluding hydrogens is 256 g/mol. The van der Waals surface area contributed by atoms with Crippen LogP contribution in [0.15, 0.2) is 0 Å². The third-order valence-corrected chi connectivity index (χ3v) is 5.64. The van der Waals surface area contributed by atoms with Gasteiger partial charge >= 0.3 is 0 Å². The number of carbonyl (C=O) groups excluding carboxylic acids is 1. The fourth-order valence-electron chi connectivity index (χ4n) is 4.20. The van der Waals surface area contributed by atoms with Crippen LogP contribution in [0, 0.1) is 17.3 Å². The lowest BCUT2D eigenvalue weighted by Gasteiger charge is -2.60. The summed E-state index contributed by atoms with van der Waals surface area (Å²) in [7, 11) is 0. The number of carbonyl (C=O) groups is 1. The molecule has 3 aliphatic rings. The predicted octanol–water partition coefficient (Wildman–Crippen LogP) is 0.672. The highest BCUT2D eigenvalue weighted by Crippen LogP contribution is 2.58. The molecule has 20 heavy (non-hydrogen) atoms. The molecule has 0 aromatic heterocycles. The van der Waals surface area contributed by atoms with E-state index in [1.165, 1.54) is 0 Å². The van der Waals surface area contributed by atoms with E-state index >= 15 is 0 Å². The van der Waals surface area contributed by atoms with Crippen molar-refractivity contribution in [1.82, 2.24) is 5.32 Å². The van der Waals surface area contributed by atoms with Crippen LogP contribution in [0.2, 0.25) is 0 Å². The van der Waals surface area contributed by atoms with Gasteiger partial charge in [0.05, 0.1) is 12.7 Å². The van der Waals surface area contributed by atoms with Crippen LogP contribution in [0.3, 0.4) is 0 Å². The molecule has 0 radical (unpaired) electrons. The van der Waals surface area contributed by atoms with Gasteiger partial charge in [-0.1, -0.05) is 13.8 Å². The van der Waals surface area contributed by atoms with E-state index in [1.807, 2.05) is 13.8 Å². The molecule has 1 aliphatic carbocycles. The van der Waals surface area contributed by atoms with Gasteiger partial charge in [0.2, 0.25) is 5.91 Å². The highest BCUT2D eigenvalue weighted by atomic mass is 16.5. The topological polar surface area (TPSA) is 73.6 Å². The summed E-state index contributed by atoms with van der Waals surface area (Å²) in [6, 6.07) is 0. The van der Waals surface area contributed by atoms with Crippen molar-refractivity contribution in [2.45, 2.75) is 44.8 Å². The minimum Gasteiger partial charge on any atom is -0.381 e. The van der Waals surface area contributed by atoms with E-state index in [9.17, 15) is 4.79 Å². The van der Waals surface area contributed by atoms with Crippen LogP contribution in [0.1, 0.15) is 33.1 Å². The molecule has 3 N–H and O–H groups in total. The summed E-state index contributed by atoms with van der Waals surface area (Å²) in [6.45, 7) is 7.08. The van der Waals surface area contributed by atoms with Crippen molar-refractivity contribution in [2.75, 3.05) is 26.4 Å². The van der Waals surface area contributed by atoms with Crippen molar-refractivity contribution >= 4 is 5.91 Å². The molecule has 4 unspecified atom stereocenters. The monoisotopic (exact) mass is 282 g/mol. The van der Waals surface area contributed by atoms with E-state index < -0.39 is 5.54 Å². The Morgan fingerprint density at radius 1 is 1.35 bits per heavy atom. The Kier molecular flexibility index (Phi) is 3.55. The maximum atomic E-state index is 12.6. The SMILES string of the molecule is CC1(C)C2OCCC2C1(N)C(=O)NCC1CCCOC1. The molecule has 2 saturated heterocycles. The minimum atomic E-state index is -0.788. The van der Waals surface area contributed by atoms with Crippen LogP contribution >= 0.6 is 0 Å². The molecule has 3 rings (SSSR count). The summed E-state index contributed by atoms with van der Waals surface area (Å²) < 4.78 is 11.2. The second-order valence-electron chi connectivity index (χ2n) is 7.07. The summed E-state index contributed by atoms with van der Waals surface area (Å²) in [4.78, 5) is 12.6. The van der Waals surface area contributed by atoms with Crippen LogP contribution in [-0.2, 0) is 14.3 Å². The van der Waals surface area contributed by atoms with Gasteiger partial charge in [0.25, 0.3) is 0 Å². The molecule has 5 nitrogen and oxygen atoms in total. The molecule has 0 aromatic carbocycles. The molecule has 2 heterocycles. The van der Waals surface area contributed by atoms with Crippen LogP contribution in [-0.4, -0.2) is 43.9 Å². The number of hydrogen-bond acceptors (Lipinski definition) is 4. The van der Waals surface area contributed by atoms with E-state index in [2.05, 4.69) is 5.32 Å². The number of rotatable bonds is 3. The Bertz CT molecular complexity index is 393. The molecular formula is C15H26N2O3. The lowest BCUT2D eigenvalue weighted by molar-refractivity contribution is -0.175. The first-order valence-electron chi connectivity index (χ1n) is 7.74. The molecule has 0 aromatic rings. The summed E-state index contributed by atoms with van der Waals surface area (Å²) >= 11 is 0. The van der Waals surface area contributed by atoms with Crippen LogP contribution in [0.4, 0.5) is 0 Å². The van der Waals surface area contributed by atoms with Crippen molar-refractivity contribution in [3.05, 3.63) is 0 Å². The molecule has 0 bridgehead atoms. The minimum absolute atomic E-state index is 0.0141. The van der Waals surface area contributed by atoms with Gasteiger partial charge in [-0.25, -0.2) is 0 Å². The normalized spacial score (nSPS) is 42.6. The van der Waals surface area contributed by atoms with E-state index in [1.54, 1.807) is 0 Å². The van der Waals surface area contributed by atoms with Gasteiger partial charge in [-0.3, -0.25) is 4.79 Å². The average molecular weight is 282 g/mol.